The number of nitrogens with zero attached hydrogens (tertiary/aromatic N) is 1. The fourth-order valence-electron chi connectivity index (χ4n) is 1.21. The van der Waals surface area contributed by atoms with E-state index in [0.717, 1.165) is 10.2 Å². The molecule has 82 valence electrons. The van der Waals surface area contributed by atoms with Crippen molar-refractivity contribution in [1.29, 1.82) is 0 Å². The van der Waals surface area contributed by atoms with Crippen molar-refractivity contribution in [2.24, 2.45) is 0 Å². The van der Waals surface area contributed by atoms with Gasteiger partial charge >= 0.3 is 0 Å². The van der Waals surface area contributed by atoms with Crippen LogP contribution in [0.25, 0.3) is 0 Å². The number of hydrogen-bond donors (Lipinski definition) is 2. The predicted octanol–water partition coefficient (Wildman–Crippen LogP) is 1.78. The van der Waals surface area contributed by atoms with Gasteiger partial charge in [0.15, 0.2) is 0 Å². The molecule has 1 aromatic rings. The highest BCUT2D eigenvalue weighted by atomic mass is 79.9. The Kier molecular flexibility index (Phi) is 3.68. The van der Waals surface area contributed by atoms with Crippen LogP contribution in [0.1, 0.15) is 13.8 Å². The smallest absolute Gasteiger partial charge is 0.244 e. The van der Waals surface area contributed by atoms with E-state index in [4.69, 9.17) is 0 Å². The van der Waals surface area contributed by atoms with Crippen molar-refractivity contribution in [3.8, 4) is 0 Å². The van der Waals surface area contributed by atoms with Crippen LogP contribution in [0.4, 0.5) is 5.69 Å². The van der Waals surface area contributed by atoms with Crippen molar-refractivity contribution in [2.75, 3.05) is 12.4 Å². The number of likely N-dealkylation sites (N-methyl/N-ethyl adjacent to an activating group) is 1. The Balaban J connectivity index is 2.81. The molecule has 1 aromatic heterocycles. The molecule has 0 fully saturated rings. The predicted molar refractivity (Wildman–Crippen MR) is 63.7 cm³/mol. The van der Waals surface area contributed by atoms with Gasteiger partial charge < -0.3 is 10.6 Å². The Labute approximate surface area is 97.6 Å². The monoisotopic (exact) mass is 271 g/mol. The van der Waals surface area contributed by atoms with Crippen molar-refractivity contribution in [3.05, 3.63) is 22.9 Å². The molecule has 0 bridgehead atoms. The van der Waals surface area contributed by atoms with Crippen molar-refractivity contribution in [2.45, 2.75) is 19.4 Å². The summed E-state index contributed by atoms with van der Waals surface area (Å²) in [6.07, 6.45) is 3.37. The van der Waals surface area contributed by atoms with Crippen molar-refractivity contribution >= 4 is 27.5 Å². The zero-order chi connectivity index (χ0) is 11.5. The van der Waals surface area contributed by atoms with Crippen LogP contribution in [0, 0.1) is 0 Å². The molecule has 15 heavy (non-hydrogen) atoms. The molecule has 0 spiro atoms. The van der Waals surface area contributed by atoms with E-state index in [0.29, 0.717) is 0 Å². The fourth-order valence-corrected chi connectivity index (χ4v) is 1.58. The summed E-state index contributed by atoms with van der Waals surface area (Å²) in [6, 6.07) is 1.87. The third-order valence-corrected chi connectivity index (χ3v) is 2.39. The van der Waals surface area contributed by atoms with Gasteiger partial charge in [-0.25, -0.2) is 0 Å². The van der Waals surface area contributed by atoms with Crippen LogP contribution < -0.4 is 10.6 Å². The zero-order valence-corrected chi connectivity index (χ0v) is 10.6. The number of amides is 1. The van der Waals surface area contributed by atoms with E-state index in [-0.39, 0.29) is 5.91 Å². The summed E-state index contributed by atoms with van der Waals surface area (Å²) in [5.74, 6) is -0.0672. The van der Waals surface area contributed by atoms with Crippen LogP contribution >= 0.6 is 15.9 Å². The molecule has 4 nitrogen and oxygen atoms in total. The van der Waals surface area contributed by atoms with Gasteiger partial charge in [0.2, 0.25) is 5.91 Å². The third-order valence-electron chi connectivity index (χ3n) is 1.96. The second-order valence-corrected chi connectivity index (χ2v) is 4.64. The first-order valence-electron chi connectivity index (χ1n) is 4.56. The minimum Gasteiger partial charge on any atom is -0.370 e. The molecule has 0 aliphatic carbocycles. The Hall–Kier alpha value is -1.10. The number of anilines is 1. The lowest BCUT2D eigenvalue weighted by atomic mass is 10.0. The standard InChI is InChI=1S/C10H14BrN3O/c1-10(2,9(15)12-3)14-8-4-7(11)5-13-6-8/h4-6,14H,1-3H3,(H,12,15). The van der Waals surface area contributed by atoms with Gasteiger partial charge in [-0.2, -0.15) is 0 Å². The van der Waals surface area contributed by atoms with Crippen LogP contribution in [0.5, 0.6) is 0 Å². The molecule has 2 N–H and O–H groups in total. The highest BCUT2D eigenvalue weighted by Gasteiger charge is 2.26. The minimum atomic E-state index is -0.656. The van der Waals surface area contributed by atoms with Gasteiger partial charge in [0.05, 0.1) is 11.9 Å². The number of aromatic nitrogens is 1. The molecule has 0 saturated heterocycles. The molecule has 1 amide bonds. The zero-order valence-electron chi connectivity index (χ0n) is 8.97. The maximum atomic E-state index is 11.5. The maximum Gasteiger partial charge on any atom is 0.244 e. The summed E-state index contributed by atoms with van der Waals surface area (Å²) >= 11 is 3.32. The van der Waals surface area contributed by atoms with E-state index in [1.165, 1.54) is 0 Å². The van der Waals surface area contributed by atoms with Crippen LogP contribution in [0.15, 0.2) is 22.9 Å². The highest BCUT2D eigenvalue weighted by molar-refractivity contribution is 9.10. The molecule has 0 aliphatic rings. The molecule has 0 unspecified atom stereocenters. The molecule has 0 saturated carbocycles. The summed E-state index contributed by atoms with van der Waals surface area (Å²) in [4.78, 5) is 15.5. The number of hydrogen-bond acceptors (Lipinski definition) is 3. The van der Waals surface area contributed by atoms with Crippen LogP contribution in [0.2, 0.25) is 0 Å². The van der Waals surface area contributed by atoms with Gasteiger partial charge in [-0.15, -0.1) is 0 Å². The van der Waals surface area contributed by atoms with Crippen LogP contribution in [0.3, 0.4) is 0 Å². The maximum absolute atomic E-state index is 11.5. The van der Waals surface area contributed by atoms with E-state index in [1.807, 2.05) is 19.9 Å². The summed E-state index contributed by atoms with van der Waals surface area (Å²) in [5.41, 5.74) is 0.148. The van der Waals surface area contributed by atoms with E-state index >= 15 is 0 Å². The summed E-state index contributed by atoms with van der Waals surface area (Å²) in [6.45, 7) is 3.62. The minimum absolute atomic E-state index is 0.0672. The molecule has 0 aromatic carbocycles. The van der Waals surface area contributed by atoms with Gasteiger partial charge in [0, 0.05) is 17.7 Å². The first-order valence-corrected chi connectivity index (χ1v) is 5.36. The number of rotatable bonds is 3. The largest absolute Gasteiger partial charge is 0.370 e. The van der Waals surface area contributed by atoms with Crippen LogP contribution in [-0.4, -0.2) is 23.5 Å². The molecule has 1 heterocycles. The normalized spacial score (nSPS) is 10.9. The second-order valence-electron chi connectivity index (χ2n) is 3.72. The second kappa shape index (κ2) is 4.61. The van der Waals surface area contributed by atoms with Crippen molar-refractivity contribution < 1.29 is 4.79 Å². The number of halogens is 1. The Morgan fingerprint density at radius 3 is 2.67 bits per heavy atom. The number of carbonyl (C=O) groups excluding carboxylic acids is 1. The van der Waals surface area contributed by atoms with E-state index in [1.54, 1.807) is 19.4 Å². The highest BCUT2D eigenvalue weighted by Crippen LogP contribution is 2.18. The van der Waals surface area contributed by atoms with E-state index in [9.17, 15) is 4.79 Å². The number of pyridine rings is 1. The van der Waals surface area contributed by atoms with E-state index in [2.05, 4.69) is 31.5 Å². The van der Waals surface area contributed by atoms with Crippen LogP contribution in [-0.2, 0) is 4.79 Å². The molecule has 0 aliphatic heterocycles. The van der Waals surface area contributed by atoms with Gasteiger partial charge in [-0.1, -0.05) is 0 Å². The average molecular weight is 272 g/mol. The van der Waals surface area contributed by atoms with Crippen molar-refractivity contribution in [3.63, 3.8) is 0 Å². The molecular formula is C10H14BrN3O. The summed E-state index contributed by atoms with van der Waals surface area (Å²) in [5, 5.41) is 5.71. The fraction of sp³-hybridized carbons (Fsp3) is 0.400. The number of nitrogens with one attached hydrogen (secondary N) is 2. The van der Waals surface area contributed by atoms with Gasteiger partial charge in [0.25, 0.3) is 0 Å². The lowest BCUT2D eigenvalue weighted by molar-refractivity contribution is -0.123. The first kappa shape index (κ1) is 12.0. The quantitative estimate of drug-likeness (QED) is 0.881. The molecule has 0 atom stereocenters. The van der Waals surface area contributed by atoms with E-state index < -0.39 is 5.54 Å². The van der Waals surface area contributed by atoms with Crippen molar-refractivity contribution in [1.82, 2.24) is 10.3 Å². The first-order chi connectivity index (χ1) is 6.95. The van der Waals surface area contributed by atoms with Gasteiger partial charge in [0.1, 0.15) is 5.54 Å². The van der Waals surface area contributed by atoms with Gasteiger partial charge in [-0.05, 0) is 35.8 Å². The lowest BCUT2D eigenvalue weighted by Gasteiger charge is -2.25. The summed E-state index contributed by atoms with van der Waals surface area (Å²) in [7, 11) is 1.62. The number of carbonyl (C=O) groups is 1. The summed E-state index contributed by atoms with van der Waals surface area (Å²) < 4.78 is 0.875. The topological polar surface area (TPSA) is 54.0 Å². The third kappa shape index (κ3) is 3.20. The Bertz CT molecular complexity index is 365. The molecular weight excluding hydrogens is 258 g/mol. The Morgan fingerprint density at radius 1 is 1.47 bits per heavy atom. The SMILES string of the molecule is CNC(=O)C(C)(C)Nc1cncc(Br)c1. The molecule has 5 heteroatoms. The lowest BCUT2D eigenvalue weighted by Crippen LogP contribution is -2.46. The van der Waals surface area contributed by atoms with Gasteiger partial charge in [-0.3, -0.25) is 9.78 Å². The molecule has 0 radical (unpaired) electrons. The molecule has 1 rings (SSSR count). The Morgan fingerprint density at radius 2 is 2.13 bits per heavy atom. The average Bonchev–Trinajstić information content (AvgIpc) is 2.15.